The van der Waals surface area contributed by atoms with Crippen LogP contribution in [0.2, 0.25) is 0 Å². The predicted molar refractivity (Wildman–Crippen MR) is 76.6 cm³/mol. The van der Waals surface area contributed by atoms with Gasteiger partial charge in [-0.3, -0.25) is 0 Å². The van der Waals surface area contributed by atoms with Crippen LogP contribution in [0.3, 0.4) is 0 Å². The summed E-state index contributed by atoms with van der Waals surface area (Å²) in [5.74, 6) is 0. The molecular formula is C13H21N3O2S. The summed E-state index contributed by atoms with van der Waals surface area (Å²) in [6.45, 7) is 7.18. The van der Waals surface area contributed by atoms with Crippen LogP contribution < -0.4 is 5.32 Å². The summed E-state index contributed by atoms with van der Waals surface area (Å²) in [6, 6.07) is 0.193. The number of carbonyl (C=O) groups excluding carboxylic acids is 1. The lowest BCUT2D eigenvalue weighted by molar-refractivity contribution is 0.0235. The molecule has 0 aliphatic carbocycles. The number of aromatic nitrogens is 1. The summed E-state index contributed by atoms with van der Waals surface area (Å²) in [5, 5.41) is 6.10. The average molecular weight is 283 g/mol. The van der Waals surface area contributed by atoms with E-state index in [4.69, 9.17) is 4.74 Å². The summed E-state index contributed by atoms with van der Waals surface area (Å²) in [5.41, 5.74) is -0.438. The first-order valence-electron chi connectivity index (χ1n) is 6.59. The van der Waals surface area contributed by atoms with Crippen LogP contribution >= 0.6 is 11.3 Å². The van der Waals surface area contributed by atoms with Gasteiger partial charge >= 0.3 is 6.09 Å². The number of rotatable bonds is 3. The standard InChI is InChI=1S/C13H21N3O2S/c1-13(2,3)18-12(17)16-7-4-5-10(16)9-15-11-14-6-8-19-11/h6,8,10H,4-5,7,9H2,1-3H3,(H,14,15)/t10-/m0/s1. The van der Waals surface area contributed by atoms with Crippen LogP contribution in [0.4, 0.5) is 9.93 Å². The van der Waals surface area contributed by atoms with Gasteiger partial charge in [0.1, 0.15) is 5.60 Å². The number of likely N-dealkylation sites (tertiary alicyclic amines) is 1. The van der Waals surface area contributed by atoms with E-state index in [1.165, 1.54) is 0 Å². The van der Waals surface area contributed by atoms with Gasteiger partial charge in [-0.2, -0.15) is 0 Å². The summed E-state index contributed by atoms with van der Waals surface area (Å²) in [7, 11) is 0. The highest BCUT2D eigenvalue weighted by Gasteiger charge is 2.31. The van der Waals surface area contributed by atoms with E-state index >= 15 is 0 Å². The fraction of sp³-hybridized carbons (Fsp3) is 0.692. The zero-order valence-corrected chi connectivity index (χ0v) is 12.5. The molecule has 0 unspecified atom stereocenters. The highest BCUT2D eigenvalue weighted by atomic mass is 32.1. The lowest BCUT2D eigenvalue weighted by Crippen LogP contribution is -2.42. The molecule has 1 fully saturated rings. The van der Waals surface area contributed by atoms with Gasteiger partial charge < -0.3 is 15.0 Å². The van der Waals surface area contributed by atoms with Crippen LogP contribution in [0.1, 0.15) is 33.6 Å². The smallest absolute Gasteiger partial charge is 0.410 e. The van der Waals surface area contributed by atoms with Gasteiger partial charge in [-0.25, -0.2) is 9.78 Å². The minimum atomic E-state index is -0.438. The molecule has 0 saturated carbocycles. The lowest BCUT2D eigenvalue weighted by Gasteiger charge is -2.28. The minimum Gasteiger partial charge on any atom is -0.444 e. The first kappa shape index (κ1) is 14.1. The fourth-order valence-corrected chi connectivity index (χ4v) is 2.66. The fourth-order valence-electron chi connectivity index (χ4n) is 2.12. The Bertz CT molecular complexity index is 414. The highest BCUT2D eigenvalue weighted by Crippen LogP contribution is 2.21. The van der Waals surface area contributed by atoms with E-state index in [2.05, 4.69) is 10.3 Å². The van der Waals surface area contributed by atoms with Crippen LogP contribution in [0.5, 0.6) is 0 Å². The first-order chi connectivity index (χ1) is 8.96. The normalized spacial score (nSPS) is 19.5. The van der Waals surface area contributed by atoms with Crippen molar-refractivity contribution in [2.45, 2.75) is 45.3 Å². The second kappa shape index (κ2) is 5.77. The molecule has 19 heavy (non-hydrogen) atoms. The minimum absolute atomic E-state index is 0.193. The number of nitrogens with one attached hydrogen (secondary N) is 1. The molecule has 2 rings (SSSR count). The monoisotopic (exact) mass is 283 g/mol. The third-order valence-corrected chi connectivity index (χ3v) is 3.66. The van der Waals surface area contributed by atoms with Crippen molar-refractivity contribution < 1.29 is 9.53 Å². The molecule has 1 amide bonds. The second-order valence-corrected chi connectivity index (χ2v) is 6.58. The molecule has 1 aromatic rings. The van der Waals surface area contributed by atoms with Crippen molar-refractivity contribution in [3.05, 3.63) is 11.6 Å². The third kappa shape index (κ3) is 4.09. The number of hydrogen-bond acceptors (Lipinski definition) is 5. The van der Waals surface area contributed by atoms with Crippen molar-refractivity contribution >= 4 is 22.6 Å². The van der Waals surface area contributed by atoms with E-state index in [9.17, 15) is 4.79 Å². The number of anilines is 1. The predicted octanol–water partition coefficient (Wildman–Crippen LogP) is 2.95. The Hall–Kier alpha value is -1.30. The molecule has 1 saturated heterocycles. The van der Waals surface area contributed by atoms with Gasteiger partial charge in [-0.1, -0.05) is 0 Å². The maximum absolute atomic E-state index is 12.1. The molecule has 1 aliphatic rings. The van der Waals surface area contributed by atoms with E-state index in [-0.39, 0.29) is 12.1 Å². The van der Waals surface area contributed by atoms with Crippen LogP contribution in [0, 0.1) is 0 Å². The van der Waals surface area contributed by atoms with E-state index < -0.39 is 5.60 Å². The van der Waals surface area contributed by atoms with Gasteiger partial charge in [0, 0.05) is 24.7 Å². The van der Waals surface area contributed by atoms with Crippen molar-refractivity contribution in [1.82, 2.24) is 9.88 Å². The summed E-state index contributed by atoms with van der Waals surface area (Å²) in [6.07, 6.45) is 3.60. The molecule has 106 valence electrons. The number of ether oxygens (including phenoxy) is 1. The molecule has 1 aromatic heterocycles. The van der Waals surface area contributed by atoms with E-state index in [0.717, 1.165) is 31.1 Å². The summed E-state index contributed by atoms with van der Waals surface area (Å²) < 4.78 is 5.44. The maximum Gasteiger partial charge on any atom is 0.410 e. The number of thiazole rings is 1. The zero-order chi connectivity index (χ0) is 13.9. The molecule has 0 bridgehead atoms. The molecule has 2 heterocycles. The largest absolute Gasteiger partial charge is 0.444 e. The van der Waals surface area contributed by atoms with Crippen molar-refractivity contribution in [2.24, 2.45) is 0 Å². The van der Waals surface area contributed by atoms with E-state index in [0.29, 0.717) is 0 Å². The van der Waals surface area contributed by atoms with E-state index in [1.54, 1.807) is 17.5 Å². The van der Waals surface area contributed by atoms with Gasteiger partial charge in [0.2, 0.25) is 0 Å². The maximum atomic E-state index is 12.1. The quantitative estimate of drug-likeness (QED) is 0.926. The van der Waals surface area contributed by atoms with Crippen LogP contribution in [-0.4, -0.2) is 40.7 Å². The Morgan fingerprint density at radius 2 is 2.42 bits per heavy atom. The van der Waals surface area contributed by atoms with Gasteiger partial charge in [0.05, 0.1) is 6.04 Å². The zero-order valence-electron chi connectivity index (χ0n) is 11.7. The topological polar surface area (TPSA) is 54.5 Å². The average Bonchev–Trinajstić information content (AvgIpc) is 2.95. The van der Waals surface area contributed by atoms with Gasteiger partial charge in [-0.05, 0) is 33.6 Å². The second-order valence-electron chi connectivity index (χ2n) is 5.69. The van der Waals surface area contributed by atoms with Gasteiger partial charge in [-0.15, -0.1) is 11.3 Å². The molecule has 1 N–H and O–H groups in total. The van der Waals surface area contributed by atoms with Gasteiger partial charge in [0.15, 0.2) is 5.13 Å². The van der Waals surface area contributed by atoms with E-state index in [1.807, 2.05) is 31.1 Å². The highest BCUT2D eigenvalue weighted by molar-refractivity contribution is 7.13. The Labute approximate surface area is 118 Å². The number of amides is 1. The number of carbonyl (C=O) groups is 1. The Balaban J connectivity index is 1.87. The molecule has 0 aromatic carbocycles. The number of nitrogens with zero attached hydrogens (tertiary/aromatic N) is 2. The van der Waals surface area contributed by atoms with Crippen molar-refractivity contribution in [2.75, 3.05) is 18.4 Å². The Morgan fingerprint density at radius 1 is 1.63 bits per heavy atom. The molecular weight excluding hydrogens is 262 g/mol. The molecule has 6 heteroatoms. The number of hydrogen-bond donors (Lipinski definition) is 1. The third-order valence-electron chi connectivity index (χ3n) is 2.93. The molecule has 1 aliphatic heterocycles. The molecule has 1 atom stereocenters. The van der Waals surface area contributed by atoms with Crippen LogP contribution in [0.15, 0.2) is 11.6 Å². The Kier molecular flexibility index (Phi) is 4.29. The first-order valence-corrected chi connectivity index (χ1v) is 7.47. The SMILES string of the molecule is CC(C)(C)OC(=O)N1CCC[C@H]1CNc1nccs1. The van der Waals surface area contributed by atoms with Crippen molar-refractivity contribution in [1.29, 1.82) is 0 Å². The van der Waals surface area contributed by atoms with Crippen molar-refractivity contribution in [3.63, 3.8) is 0 Å². The van der Waals surface area contributed by atoms with Crippen molar-refractivity contribution in [3.8, 4) is 0 Å². The summed E-state index contributed by atoms with van der Waals surface area (Å²) >= 11 is 1.57. The van der Waals surface area contributed by atoms with Gasteiger partial charge in [0.25, 0.3) is 0 Å². The molecule has 5 nitrogen and oxygen atoms in total. The molecule has 0 radical (unpaired) electrons. The van der Waals surface area contributed by atoms with Crippen LogP contribution in [-0.2, 0) is 4.74 Å². The Morgan fingerprint density at radius 3 is 3.05 bits per heavy atom. The molecule has 0 spiro atoms. The lowest BCUT2D eigenvalue weighted by atomic mass is 10.2. The van der Waals surface area contributed by atoms with Crippen LogP contribution in [0.25, 0.3) is 0 Å². The summed E-state index contributed by atoms with van der Waals surface area (Å²) in [4.78, 5) is 18.1.